The second kappa shape index (κ2) is 7.80. The van der Waals surface area contributed by atoms with Crippen molar-refractivity contribution in [3.63, 3.8) is 0 Å². The molecule has 1 aliphatic heterocycles. The van der Waals surface area contributed by atoms with Crippen LogP contribution in [0.25, 0.3) is 0 Å². The van der Waals surface area contributed by atoms with Gasteiger partial charge >= 0.3 is 0 Å². The molecule has 1 aliphatic rings. The Morgan fingerprint density at radius 1 is 1.38 bits per heavy atom. The molecule has 1 N–H and O–H groups in total. The minimum atomic E-state index is -0.0861. The lowest BCUT2D eigenvalue weighted by Gasteiger charge is -2.32. The number of hydrogen-bond acceptors (Lipinski definition) is 3. The zero-order chi connectivity index (χ0) is 15.2. The Morgan fingerprint density at radius 2 is 2.10 bits per heavy atom. The van der Waals surface area contributed by atoms with Crippen LogP contribution < -0.4 is 10.1 Å². The van der Waals surface area contributed by atoms with Gasteiger partial charge < -0.3 is 10.1 Å². The van der Waals surface area contributed by atoms with Crippen molar-refractivity contribution < 1.29 is 9.53 Å². The number of hydrogen-bond donors (Lipinski definition) is 1. The molecular formula is C16H23BrN2O2. The summed E-state index contributed by atoms with van der Waals surface area (Å²) in [6.07, 6.45) is 3.85. The van der Waals surface area contributed by atoms with Crippen LogP contribution in [0, 0.1) is 0 Å². The van der Waals surface area contributed by atoms with E-state index in [-0.39, 0.29) is 5.91 Å². The predicted molar refractivity (Wildman–Crippen MR) is 87.9 cm³/mol. The number of amides is 1. The number of likely N-dealkylation sites (tertiary alicyclic amines) is 1. The lowest BCUT2D eigenvalue weighted by Crippen LogP contribution is -2.44. The average molecular weight is 355 g/mol. The number of carbonyl (C=O) groups is 1. The van der Waals surface area contributed by atoms with Crippen LogP contribution in [-0.2, 0) is 0 Å². The first-order valence-corrected chi connectivity index (χ1v) is 8.27. The molecule has 1 atom stereocenters. The summed E-state index contributed by atoms with van der Waals surface area (Å²) in [6, 6.07) is 5.83. The SMILES string of the molecule is COc1ccc(Br)cc1C(=O)NCC(C)N1CCCCC1. The molecule has 1 aromatic rings. The Morgan fingerprint density at radius 3 is 2.76 bits per heavy atom. The molecule has 1 unspecified atom stereocenters. The molecule has 0 aliphatic carbocycles. The molecular weight excluding hydrogens is 332 g/mol. The van der Waals surface area contributed by atoms with Crippen LogP contribution >= 0.6 is 15.9 Å². The van der Waals surface area contributed by atoms with Crippen LogP contribution in [0.4, 0.5) is 0 Å². The number of carbonyl (C=O) groups excluding carboxylic acids is 1. The molecule has 0 radical (unpaired) electrons. The Hall–Kier alpha value is -1.07. The van der Waals surface area contributed by atoms with Gasteiger partial charge in [0.2, 0.25) is 0 Å². The van der Waals surface area contributed by atoms with Gasteiger partial charge in [-0.25, -0.2) is 0 Å². The lowest BCUT2D eigenvalue weighted by molar-refractivity contribution is 0.0927. The summed E-state index contributed by atoms with van der Waals surface area (Å²) in [4.78, 5) is 14.8. The first-order chi connectivity index (χ1) is 10.1. The molecule has 21 heavy (non-hydrogen) atoms. The van der Waals surface area contributed by atoms with Crippen molar-refractivity contribution in [2.75, 3.05) is 26.7 Å². The van der Waals surface area contributed by atoms with Gasteiger partial charge in [-0.05, 0) is 51.1 Å². The zero-order valence-corrected chi connectivity index (χ0v) is 14.3. The Bertz CT molecular complexity index is 487. The highest BCUT2D eigenvalue weighted by atomic mass is 79.9. The third kappa shape index (κ3) is 4.45. The minimum absolute atomic E-state index is 0.0861. The number of rotatable bonds is 5. The van der Waals surface area contributed by atoms with E-state index in [1.165, 1.54) is 19.3 Å². The Kier molecular flexibility index (Phi) is 6.06. The molecule has 116 valence electrons. The van der Waals surface area contributed by atoms with Crippen LogP contribution in [0.2, 0.25) is 0 Å². The fourth-order valence-corrected chi connectivity index (χ4v) is 3.04. The van der Waals surface area contributed by atoms with Crippen LogP contribution in [0.3, 0.4) is 0 Å². The first-order valence-electron chi connectivity index (χ1n) is 7.47. The topological polar surface area (TPSA) is 41.6 Å². The van der Waals surface area contributed by atoms with Gasteiger partial charge in [0.15, 0.2) is 0 Å². The number of nitrogens with one attached hydrogen (secondary N) is 1. The van der Waals surface area contributed by atoms with E-state index >= 15 is 0 Å². The van der Waals surface area contributed by atoms with Crippen molar-refractivity contribution in [1.82, 2.24) is 10.2 Å². The molecule has 0 spiro atoms. The van der Waals surface area contributed by atoms with E-state index in [0.29, 0.717) is 23.9 Å². The number of nitrogens with zero attached hydrogens (tertiary/aromatic N) is 1. The maximum Gasteiger partial charge on any atom is 0.255 e. The van der Waals surface area contributed by atoms with E-state index in [0.717, 1.165) is 17.6 Å². The molecule has 2 rings (SSSR count). The average Bonchev–Trinajstić information content (AvgIpc) is 2.53. The highest BCUT2D eigenvalue weighted by Crippen LogP contribution is 2.22. The smallest absolute Gasteiger partial charge is 0.255 e. The standard InChI is InChI=1S/C16H23BrN2O2/c1-12(19-8-4-3-5-9-19)11-18-16(20)14-10-13(17)6-7-15(14)21-2/h6-7,10,12H,3-5,8-9,11H2,1-2H3,(H,18,20). The predicted octanol–water partition coefficient (Wildman–Crippen LogP) is 3.06. The fourth-order valence-electron chi connectivity index (χ4n) is 2.68. The summed E-state index contributed by atoms with van der Waals surface area (Å²) in [7, 11) is 1.58. The van der Waals surface area contributed by atoms with Gasteiger partial charge in [0.25, 0.3) is 5.91 Å². The maximum absolute atomic E-state index is 12.3. The normalized spacial score (nSPS) is 17.3. The molecule has 0 aromatic heterocycles. The van der Waals surface area contributed by atoms with E-state index in [2.05, 4.69) is 33.1 Å². The van der Waals surface area contributed by atoms with Crippen molar-refractivity contribution in [2.24, 2.45) is 0 Å². The second-order valence-electron chi connectivity index (χ2n) is 5.50. The van der Waals surface area contributed by atoms with E-state index in [1.807, 2.05) is 6.07 Å². The quantitative estimate of drug-likeness (QED) is 0.883. The first kappa shape index (κ1) is 16.3. The molecule has 1 fully saturated rings. The largest absolute Gasteiger partial charge is 0.496 e. The van der Waals surface area contributed by atoms with Gasteiger partial charge in [0, 0.05) is 17.1 Å². The molecule has 4 nitrogen and oxygen atoms in total. The third-order valence-corrected chi connectivity index (χ3v) is 4.47. The van der Waals surface area contributed by atoms with Gasteiger partial charge in [-0.3, -0.25) is 9.69 Å². The maximum atomic E-state index is 12.3. The van der Waals surface area contributed by atoms with Gasteiger partial charge in [0.05, 0.1) is 12.7 Å². The van der Waals surface area contributed by atoms with E-state index in [4.69, 9.17) is 4.74 Å². The van der Waals surface area contributed by atoms with Crippen LogP contribution in [-0.4, -0.2) is 43.6 Å². The Balaban J connectivity index is 1.93. The van der Waals surface area contributed by atoms with E-state index < -0.39 is 0 Å². The molecule has 1 aromatic carbocycles. The number of halogens is 1. The highest BCUT2D eigenvalue weighted by Gasteiger charge is 2.18. The number of methoxy groups -OCH3 is 1. The number of piperidine rings is 1. The van der Waals surface area contributed by atoms with Gasteiger partial charge in [-0.1, -0.05) is 22.4 Å². The van der Waals surface area contributed by atoms with Crippen LogP contribution in [0.1, 0.15) is 36.5 Å². The second-order valence-corrected chi connectivity index (χ2v) is 6.42. The molecule has 0 bridgehead atoms. The van der Waals surface area contributed by atoms with E-state index in [1.54, 1.807) is 19.2 Å². The zero-order valence-electron chi connectivity index (χ0n) is 12.7. The number of benzene rings is 1. The molecule has 1 heterocycles. The Labute approximate surface area is 135 Å². The fraction of sp³-hybridized carbons (Fsp3) is 0.562. The minimum Gasteiger partial charge on any atom is -0.496 e. The van der Waals surface area contributed by atoms with Gasteiger partial charge in [0.1, 0.15) is 5.75 Å². The van der Waals surface area contributed by atoms with Crippen LogP contribution in [0.15, 0.2) is 22.7 Å². The monoisotopic (exact) mass is 354 g/mol. The van der Waals surface area contributed by atoms with Gasteiger partial charge in [-0.15, -0.1) is 0 Å². The van der Waals surface area contributed by atoms with Crippen LogP contribution in [0.5, 0.6) is 5.75 Å². The number of ether oxygens (including phenoxy) is 1. The summed E-state index contributed by atoms with van der Waals surface area (Å²) in [5.41, 5.74) is 0.567. The van der Waals surface area contributed by atoms with Crippen molar-refractivity contribution in [3.8, 4) is 5.75 Å². The molecule has 1 saturated heterocycles. The van der Waals surface area contributed by atoms with Crippen molar-refractivity contribution in [1.29, 1.82) is 0 Å². The summed E-state index contributed by atoms with van der Waals surface area (Å²) < 4.78 is 6.13. The highest BCUT2D eigenvalue weighted by molar-refractivity contribution is 9.10. The van der Waals surface area contributed by atoms with E-state index in [9.17, 15) is 4.79 Å². The molecule has 0 saturated carbocycles. The van der Waals surface area contributed by atoms with Crippen molar-refractivity contribution >= 4 is 21.8 Å². The summed E-state index contributed by atoms with van der Waals surface area (Å²) in [6.45, 7) is 5.10. The third-order valence-electron chi connectivity index (χ3n) is 3.98. The van der Waals surface area contributed by atoms with Gasteiger partial charge in [-0.2, -0.15) is 0 Å². The van der Waals surface area contributed by atoms with Crippen molar-refractivity contribution in [3.05, 3.63) is 28.2 Å². The summed E-state index contributed by atoms with van der Waals surface area (Å²) in [5.74, 6) is 0.512. The lowest BCUT2D eigenvalue weighted by atomic mass is 10.1. The van der Waals surface area contributed by atoms with Crippen molar-refractivity contribution in [2.45, 2.75) is 32.2 Å². The molecule has 5 heteroatoms. The summed E-state index contributed by atoms with van der Waals surface area (Å²) >= 11 is 3.39. The molecule has 1 amide bonds. The summed E-state index contributed by atoms with van der Waals surface area (Å²) in [5, 5.41) is 3.02.